The van der Waals surface area contributed by atoms with Gasteiger partial charge in [0.2, 0.25) is 0 Å². The Morgan fingerprint density at radius 3 is 2.62 bits per heavy atom. The summed E-state index contributed by atoms with van der Waals surface area (Å²) in [4.78, 5) is 25.8. The quantitative estimate of drug-likeness (QED) is 0.800. The highest BCUT2D eigenvalue weighted by molar-refractivity contribution is 5.86. The van der Waals surface area contributed by atoms with Gasteiger partial charge in [0, 0.05) is 6.54 Å². The van der Waals surface area contributed by atoms with Gasteiger partial charge >= 0.3 is 12.1 Å². The first kappa shape index (κ1) is 15.4. The second-order valence-corrected chi connectivity index (χ2v) is 5.29. The minimum absolute atomic E-state index is 0.203. The van der Waals surface area contributed by atoms with Crippen LogP contribution in [0.25, 0.3) is 0 Å². The molecule has 1 atom stereocenters. The first-order valence-electron chi connectivity index (χ1n) is 7.23. The normalized spacial score (nSPS) is 21.1. The number of amides is 1. The van der Waals surface area contributed by atoms with E-state index in [1.807, 2.05) is 30.3 Å². The molecule has 1 amide bonds. The van der Waals surface area contributed by atoms with Crippen LogP contribution in [-0.4, -0.2) is 35.7 Å². The predicted molar refractivity (Wildman–Crippen MR) is 77.6 cm³/mol. The highest BCUT2D eigenvalue weighted by Gasteiger charge is 2.47. The van der Waals surface area contributed by atoms with Crippen molar-refractivity contribution in [2.75, 3.05) is 13.2 Å². The maximum absolute atomic E-state index is 12.2. The molecule has 1 aliphatic heterocycles. The van der Waals surface area contributed by atoms with Crippen molar-refractivity contribution in [3.05, 3.63) is 35.9 Å². The molecule has 1 unspecified atom stereocenters. The van der Waals surface area contributed by atoms with Crippen molar-refractivity contribution in [1.82, 2.24) is 4.90 Å². The molecule has 0 aliphatic carbocycles. The molecule has 5 nitrogen and oxygen atoms in total. The molecule has 1 fully saturated rings. The van der Waals surface area contributed by atoms with Gasteiger partial charge < -0.3 is 9.47 Å². The van der Waals surface area contributed by atoms with Gasteiger partial charge in [-0.05, 0) is 32.3 Å². The van der Waals surface area contributed by atoms with Gasteiger partial charge in [-0.15, -0.1) is 0 Å². The van der Waals surface area contributed by atoms with Gasteiger partial charge in [0.15, 0.2) is 0 Å². The lowest BCUT2D eigenvalue weighted by atomic mass is 9.99. The first-order valence-corrected chi connectivity index (χ1v) is 7.23. The molecule has 1 aromatic rings. The second kappa shape index (κ2) is 6.61. The molecule has 0 radical (unpaired) electrons. The van der Waals surface area contributed by atoms with Gasteiger partial charge in [-0.3, -0.25) is 4.90 Å². The Morgan fingerprint density at radius 1 is 1.24 bits per heavy atom. The van der Waals surface area contributed by atoms with E-state index in [0.29, 0.717) is 19.6 Å². The fourth-order valence-electron chi connectivity index (χ4n) is 2.55. The number of carbonyl (C=O) groups excluding carboxylic acids is 2. The average molecular weight is 291 g/mol. The number of esters is 1. The summed E-state index contributed by atoms with van der Waals surface area (Å²) >= 11 is 0. The van der Waals surface area contributed by atoms with Gasteiger partial charge in [0.05, 0.1) is 6.61 Å². The van der Waals surface area contributed by atoms with Crippen LogP contribution in [0.4, 0.5) is 4.79 Å². The van der Waals surface area contributed by atoms with E-state index in [4.69, 9.17) is 9.47 Å². The molecule has 0 N–H and O–H groups in total. The van der Waals surface area contributed by atoms with Crippen molar-refractivity contribution in [2.24, 2.45) is 0 Å². The highest BCUT2D eigenvalue weighted by Crippen LogP contribution is 2.31. The molecule has 1 saturated heterocycles. The highest BCUT2D eigenvalue weighted by atomic mass is 16.6. The Morgan fingerprint density at radius 2 is 1.95 bits per heavy atom. The zero-order chi connectivity index (χ0) is 15.3. The molecular weight excluding hydrogens is 270 g/mol. The van der Waals surface area contributed by atoms with E-state index in [1.165, 1.54) is 4.90 Å². The topological polar surface area (TPSA) is 55.8 Å². The third kappa shape index (κ3) is 3.35. The van der Waals surface area contributed by atoms with Crippen molar-refractivity contribution in [3.63, 3.8) is 0 Å². The van der Waals surface area contributed by atoms with E-state index in [9.17, 15) is 9.59 Å². The number of rotatable bonds is 4. The van der Waals surface area contributed by atoms with Crippen LogP contribution in [0.3, 0.4) is 0 Å². The molecule has 1 heterocycles. The molecular formula is C16H21NO4. The average Bonchev–Trinajstić information content (AvgIpc) is 2.89. The number of likely N-dealkylation sites (tertiary alicyclic amines) is 1. The maximum Gasteiger partial charge on any atom is 0.411 e. The minimum Gasteiger partial charge on any atom is -0.464 e. The fraction of sp³-hybridized carbons (Fsp3) is 0.500. The number of hydrogen-bond donors (Lipinski definition) is 0. The van der Waals surface area contributed by atoms with Crippen LogP contribution in [-0.2, 0) is 20.9 Å². The van der Waals surface area contributed by atoms with Crippen LogP contribution in [0.15, 0.2) is 30.3 Å². The Labute approximate surface area is 124 Å². The van der Waals surface area contributed by atoms with Crippen LogP contribution in [0, 0.1) is 0 Å². The van der Waals surface area contributed by atoms with Crippen LogP contribution in [0.2, 0.25) is 0 Å². The summed E-state index contributed by atoms with van der Waals surface area (Å²) in [7, 11) is 0. The lowest BCUT2D eigenvalue weighted by molar-refractivity contribution is -0.154. The maximum atomic E-state index is 12.2. The molecule has 0 bridgehead atoms. The Balaban J connectivity index is 1.99. The minimum atomic E-state index is -0.913. The fourth-order valence-corrected chi connectivity index (χ4v) is 2.55. The summed E-state index contributed by atoms with van der Waals surface area (Å²) in [5.74, 6) is -0.362. The van der Waals surface area contributed by atoms with Crippen molar-refractivity contribution in [1.29, 1.82) is 0 Å². The molecule has 0 aromatic heterocycles. The van der Waals surface area contributed by atoms with Gasteiger partial charge in [0.1, 0.15) is 12.1 Å². The molecule has 114 valence electrons. The van der Waals surface area contributed by atoms with Crippen molar-refractivity contribution in [2.45, 2.75) is 38.8 Å². The standard InChI is InChI=1S/C16H21NO4/c1-3-20-14(18)16(2)10-7-11-17(16)15(19)21-12-13-8-5-4-6-9-13/h4-6,8-9H,3,7,10-12H2,1-2H3. The van der Waals surface area contributed by atoms with E-state index in [2.05, 4.69) is 0 Å². The van der Waals surface area contributed by atoms with Crippen LogP contribution >= 0.6 is 0 Å². The van der Waals surface area contributed by atoms with Crippen LogP contribution < -0.4 is 0 Å². The number of benzene rings is 1. The molecule has 5 heteroatoms. The Bertz CT molecular complexity index is 502. The monoisotopic (exact) mass is 291 g/mol. The smallest absolute Gasteiger partial charge is 0.411 e. The van der Waals surface area contributed by atoms with Crippen molar-refractivity contribution < 1.29 is 19.1 Å². The number of hydrogen-bond acceptors (Lipinski definition) is 4. The molecule has 21 heavy (non-hydrogen) atoms. The second-order valence-electron chi connectivity index (χ2n) is 5.29. The van der Waals surface area contributed by atoms with Gasteiger partial charge in [-0.1, -0.05) is 30.3 Å². The SMILES string of the molecule is CCOC(=O)C1(C)CCCN1C(=O)OCc1ccccc1. The summed E-state index contributed by atoms with van der Waals surface area (Å²) in [6, 6.07) is 9.47. The van der Waals surface area contributed by atoms with Gasteiger partial charge in [-0.25, -0.2) is 9.59 Å². The van der Waals surface area contributed by atoms with E-state index in [-0.39, 0.29) is 12.6 Å². The van der Waals surface area contributed by atoms with Gasteiger partial charge in [0.25, 0.3) is 0 Å². The molecule has 1 aliphatic rings. The van der Waals surface area contributed by atoms with Gasteiger partial charge in [-0.2, -0.15) is 0 Å². The third-order valence-electron chi connectivity index (χ3n) is 3.78. The van der Waals surface area contributed by atoms with E-state index in [1.54, 1.807) is 13.8 Å². The third-order valence-corrected chi connectivity index (χ3v) is 3.78. The van der Waals surface area contributed by atoms with Crippen molar-refractivity contribution >= 4 is 12.1 Å². The zero-order valence-corrected chi connectivity index (χ0v) is 12.5. The summed E-state index contributed by atoms with van der Waals surface area (Å²) in [6.07, 6.45) is 0.911. The summed E-state index contributed by atoms with van der Waals surface area (Å²) in [5.41, 5.74) is 0.00642. The molecule has 0 saturated carbocycles. The number of carbonyl (C=O) groups is 2. The molecule has 0 spiro atoms. The first-order chi connectivity index (χ1) is 10.1. The van der Waals surface area contributed by atoms with Crippen LogP contribution in [0.5, 0.6) is 0 Å². The van der Waals surface area contributed by atoms with Crippen molar-refractivity contribution in [3.8, 4) is 0 Å². The summed E-state index contributed by atoms with van der Waals surface area (Å²) < 4.78 is 10.4. The predicted octanol–water partition coefficient (Wildman–Crippen LogP) is 2.74. The largest absolute Gasteiger partial charge is 0.464 e. The number of nitrogens with zero attached hydrogens (tertiary/aromatic N) is 1. The zero-order valence-electron chi connectivity index (χ0n) is 12.5. The van der Waals surface area contributed by atoms with E-state index >= 15 is 0 Å². The van der Waals surface area contributed by atoms with E-state index in [0.717, 1.165) is 12.0 Å². The van der Waals surface area contributed by atoms with Crippen LogP contribution in [0.1, 0.15) is 32.3 Å². The molecule has 1 aromatic carbocycles. The Hall–Kier alpha value is -2.04. The Kier molecular flexibility index (Phi) is 4.83. The molecule has 2 rings (SSSR count). The van der Waals surface area contributed by atoms with E-state index < -0.39 is 11.6 Å². The summed E-state index contributed by atoms with van der Waals surface area (Å²) in [6.45, 7) is 4.52. The number of ether oxygens (including phenoxy) is 2. The lowest BCUT2D eigenvalue weighted by Crippen LogP contribution is -2.51. The lowest BCUT2D eigenvalue weighted by Gasteiger charge is -2.31. The summed E-state index contributed by atoms with van der Waals surface area (Å²) in [5, 5.41) is 0.